The lowest BCUT2D eigenvalue weighted by atomic mass is 10.1. The van der Waals surface area contributed by atoms with Crippen LogP contribution in [-0.4, -0.2) is 0 Å². The second-order valence-corrected chi connectivity index (χ2v) is 5.17. The van der Waals surface area contributed by atoms with Crippen molar-refractivity contribution in [2.75, 3.05) is 0 Å². The number of halogens is 5. The smallest absolute Gasteiger partial charge is 0.416 e. The monoisotopic (exact) mass is 334 g/mol. The Kier molecular flexibility index (Phi) is 4.69. The van der Waals surface area contributed by atoms with Gasteiger partial charge in [-0.25, -0.2) is 0 Å². The van der Waals surface area contributed by atoms with Gasteiger partial charge >= 0.3 is 6.18 Å². The zero-order valence-electron chi connectivity index (χ0n) is 11.0. The lowest BCUT2D eigenvalue weighted by Crippen LogP contribution is -2.08. The lowest BCUT2D eigenvalue weighted by Gasteiger charge is -2.14. The number of rotatable bonds is 3. The average Bonchev–Trinajstić information content (AvgIpc) is 2.41. The highest BCUT2D eigenvalue weighted by Crippen LogP contribution is 2.36. The molecule has 0 saturated heterocycles. The summed E-state index contributed by atoms with van der Waals surface area (Å²) in [5, 5.41) is 0.535. The first kappa shape index (κ1) is 16.0. The highest BCUT2D eigenvalue weighted by atomic mass is 35.5. The third-order valence-electron chi connectivity index (χ3n) is 2.90. The molecule has 0 aliphatic carbocycles. The van der Waals surface area contributed by atoms with Crippen molar-refractivity contribution in [2.45, 2.75) is 19.0 Å². The van der Waals surface area contributed by atoms with Crippen LogP contribution in [-0.2, 0) is 12.1 Å². The summed E-state index contributed by atoms with van der Waals surface area (Å²) in [5.74, 6) is 0.336. The van der Waals surface area contributed by atoms with Gasteiger partial charge in [-0.1, -0.05) is 17.7 Å². The minimum absolute atomic E-state index is 0.0179. The van der Waals surface area contributed by atoms with Crippen LogP contribution in [0.4, 0.5) is 13.2 Å². The minimum Gasteiger partial charge on any atom is -0.457 e. The summed E-state index contributed by atoms with van der Waals surface area (Å²) in [4.78, 5) is 0. The molecule has 112 valence electrons. The molecule has 0 unspecified atom stereocenters. The van der Waals surface area contributed by atoms with E-state index in [1.54, 1.807) is 25.1 Å². The Labute approximate surface area is 130 Å². The Bertz CT molecular complexity index is 654. The maximum atomic E-state index is 13.0. The molecule has 0 saturated carbocycles. The van der Waals surface area contributed by atoms with Crippen LogP contribution >= 0.6 is 23.2 Å². The topological polar surface area (TPSA) is 9.23 Å². The molecule has 0 amide bonds. The number of hydrogen-bond acceptors (Lipinski definition) is 1. The number of alkyl halides is 4. The van der Waals surface area contributed by atoms with Gasteiger partial charge in [-0.2, -0.15) is 13.2 Å². The van der Waals surface area contributed by atoms with Crippen molar-refractivity contribution in [2.24, 2.45) is 0 Å². The van der Waals surface area contributed by atoms with Gasteiger partial charge in [-0.15, -0.1) is 11.6 Å². The second kappa shape index (κ2) is 6.16. The molecule has 0 aromatic heterocycles. The van der Waals surface area contributed by atoms with Crippen LogP contribution in [0.15, 0.2) is 36.4 Å². The Balaban J connectivity index is 2.37. The summed E-state index contributed by atoms with van der Waals surface area (Å²) in [5.41, 5.74) is -0.0385. The largest absolute Gasteiger partial charge is 0.457 e. The average molecular weight is 335 g/mol. The van der Waals surface area contributed by atoms with E-state index in [2.05, 4.69) is 0 Å². The van der Waals surface area contributed by atoms with E-state index in [4.69, 9.17) is 27.9 Å². The molecule has 21 heavy (non-hydrogen) atoms. The molecule has 0 radical (unpaired) electrons. The molecule has 0 aliphatic rings. The van der Waals surface area contributed by atoms with Gasteiger partial charge in [-0.3, -0.25) is 0 Å². The summed E-state index contributed by atoms with van der Waals surface area (Å²) in [6.07, 6.45) is -4.47. The van der Waals surface area contributed by atoms with E-state index in [0.29, 0.717) is 10.8 Å². The van der Waals surface area contributed by atoms with Gasteiger partial charge < -0.3 is 4.74 Å². The molecular weight excluding hydrogens is 324 g/mol. The van der Waals surface area contributed by atoms with Gasteiger partial charge in [0.15, 0.2) is 0 Å². The van der Waals surface area contributed by atoms with Gasteiger partial charge in [-0.05, 0) is 48.4 Å². The summed E-state index contributed by atoms with van der Waals surface area (Å²) < 4.78 is 44.4. The molecule has 1 nitrogen and oxygen atoms in total. The van der Waals surface area contributed by atoms with Crippen LogP contribution in [0.2, 0.25) is 5.02 Å². The van der Waals surface area contributed by atoms with E-state index in [1.165, 1.54) is 12.1 Å². The summed E-state index contributed by atoms with van der Waals surface area (Å²) in [6.45, 7) is 1.76. The Morgan fingerprint density at radius 3 is 2.38 bits per heavy atom. The molecule has 0 atom stereocenters. The molecule has 0 N–H and O–H groups in total. The quantitative estimate of drug-likeness (QED) is 0.607. The van der Waals surface area contributed by atoms with Crippen molar-refractivity contribution in [3.63, 3.8) is 0 Å². The maximum Gasteiger partial charge on any atom is 0.416 e. The van der Waals surface area contributed by atoms with Crippen molar-refractivity contribution in [1.82, 2.24) is 0 Å². The van der Waals surface area contributed by atoms with Gasteiger partial charge in [0.05, 0.1) is 5.56 Å². The van der Waals surface area contributed by atoms with Crippen molar-refractivity contribution in [1.29, 1.82) is 0 Å². The molecule has 0 spiro atoms. The van der Waals surface area contributed by atoms with Gasteiger partial charge in [0.1, 0.15) is 11.5 Å². The van der Waals surface area contributed by atoms with Crippen LogP contribution in [0.3, 0.4) is 0 Å². The van der Waals surface area contributed by atoms with Gasteiger partial charge in [0, 0.05) is 10.9 Å². The fraction of sp³-hybridized carbons (Fsp3) is 0.200. The van der Waals surface area contributed by atoms with E-state index >= 15 is 0 Å². The standard InChI is InChI=1S/C15H11Cl2F3O/c1-9-6-11(17)3-5-14(9)21-12-4-2-10(8-16)13(7-12)15(18,19)20/h2-7H,8H2,1H3. The third-order valence-corrected chi connectivity index (χ3v) is 3.42. The van der Waals surface area contributed by atoms with E-state index in [0.717, 1.165) is 11.6 Å². The Morgan fingerprint density at radius 1 is 1.10 bits per heavy atom. The first-order valence-electron chi connectivity index (χ1n) is 6.01. The summed E-state index contributed by atoms with van der Waals surface area (Å²) in [7, 11) is 0. The fourth-order valence-electron chi connectivity index (χ4n) is 1.85. The molecule has 6 heteroatoms. The third kappa shape index (κ3) is 3.83. The maximum absolute atomic E-state index is 13.0. The van der Waals surface area contributed by atoms with E-state index in [9.17, 15) is 13.2 Å². The van der Waals surface area contributed by atoms with Crippen LogP contribution in [0.25, 0.3) is 0 Å². The molecule has 2 rings (SSSR count). The van der Waals surface area contributed by atoms with Crippen LogP contribution in [0, 0.1) is 6.92 Å². The van der Waals surface area contributed by atoms with Crippen LogP contribution < -0.4 is 4.74 Å². The number of ether oxygens (including phenoxy) is 1. The van der Waals surface area contributed by atoms with E-state index in [1.807, 2.05) is 0 Å². The van der Waals surface area contributed by atoms with E-state index < -0.39 is 11.7 Å². The predicted octanol–water partition coefficient (Wildman–Crippen LogP) is 6.20. The van der Waals surface area contributed by atoms with E-state index in [-0.39, 0.29) is 17.2 Å². The Morgan fingerprint density at radius 2 is 1.81 bits per heavy atom. The fourth-order valence-corrected chi connectivity index (χ4v) is 2.31. The van der Waals surface area contributed by atoms with Crippen molar-refractivity contribution < 1.29 is 17.9 Å². The van der Waals surface area contributed by atoms with Crippen molar-refractivity contribution in [3.05, 3.63) is 58.1 Å². The first-order chi connectivity index (χ1) is 9.81. The highest BCUT2D eigenvalue weighted by molar-refractivity contribution is 6.30. The zero-order valence-corrected chi connectivity index (χ0v) is 12.5. The number of benzene rings is 2. The normalized spacial score (nSPS) is 11.5. The molecule has 0 aliphatic heterocycles. The minimum atomic E-state index is -4.47. The van der Waals surface area contributed by atoms with Crippen LogP contribution in [0.1, 0.15) is 16.7 Å². The van der Waals surface area contributed by atoms with Crippen molar-refractivity contribution in [3.8, 4) is 11.5 Å². The first-order valence-corrected chi connectivity index (χ1v) is 6.92. The molecule has 0 bridgehead atoms. The Hall–Kier alpha value is -1.39. The second-order valence-electron chi connectivity index (χ2n) is 4.46. The van der Waals surface area contributed by atoms with Crippen molar-refractivity contribution >= 4 is 23.2 Å². The number of aryl methyl sites for hydroxylation is 1. The lowest BCUT2D eigenvalue weighted by molar-refractivity contribution is -0.138. The molecule has 0 heterocycles. The van der Waals surface area contributed by atoms with Gasteiger partial charge in [0.25, 0.3) is 0 Å². The summed E-state index contributed by atoms with van der Waals surface area (Å²) in [6, 6.07) is 8.62. The molecule has 0 fully saturated rings. The number of hydrogen-bond donors (Lipinski definition) is 0. The predicted molar refractivity (Wildman–Crippen MR) is 77.3 cm³/mol. The SMILES string of the molecule is Cc1cc(Cl)ccc1Oc1ccc(CCl)c(C(F)(F)F)c1. The van der Waals surface area contributed by atoms with Gasteiger partial charge in [0.2, 0.25) is 0 Å². The zero-order chi connectivity index (χ0) is 15.6. The highest BCUT2D eigenvalue weighted by Gasteiger charge is 2.33. The van der Waals surface area contributed by atoms with Crippen LogP contribution in [0.5, 0.6) is 11.5 Å². The molecular formula is C15H11Cl2F3O. The molecule has 2 aromatic rings. The summed E-state index contributed by atoms with van der Waals surface area (Å²) >= 11 is 11.4. The molecule has 2 aromatic carbocycles.